The highest BCUT2D eigenvalue weighted by Gasteiger charge is 2.42. The molecule has 14 heteroatoms. The minimum atomic E-state index is -5.41. The van der Waals surface area contributed by atoms with Crippen molar-refractivity contribution in [1.82, 2.24) is 0 Å². The zero-order valence-corrected chi connectivity index (χ0v) is 19.5. The quantitative estimate of drug-likeness (QED) is 0.407. The third-order valence-corrected chi connectivity index (χ3v) is 5.65. The highest BCUT2D eigenvalue weighted by atomic mass is 19.4. The van der Waals surface area contributed by atoms with Crippen LogP contribution in [0.25, 0.3) is 5.57 Å². The number of Topliss-reactive ketones (excluding diaryl/α,β-unsaturated/α-hetero) is 1. The van der Waals surface area contributed by atoms with Gasteiger partial charge in [-0.3, -0.25) is 14.7 Å². The molecule has 1 aliphatic carbocycles. The van der Waals surface area contributed by atoms with Crippen LogP contribution in [0.2, 0.25) is 0 Å². The zero-order valence-electron chi connectivity index (χ0n) is 19.5. The SMILES string of the molecule is CN(C(=O)Oc1c(/C(C=NC2CCC(O)C2=O)=C/N)cc(C(F)(F)F)cc1C(F)(F)F)c1ccc(F)cc1. The number of amides is 1. The number of nitrogens with zero attached hydrogens (tertiary/aromatic N) is 2. The van der Waals surface area contributed by atoms with Crippen molar-refractivity contribution in [2.75, 3.05) is 11.9 Å². The molecule has 7 nitrogen and oxygen atoms in total. The molecule has 0 heterocycles. The molecule has 0 aromatic heterocycles. The molecule has 0 saturated heterocycles. The molecule has 1 fully saturated rings. The van der Waals surface area contributed by atoms with Crippen molar-refractivity contribution in [2.24, 2.45) is 10.7 Å². The monoisotopic (exact) mass is 547 g/mol. The van der Waals surface area contributed by atoms with Gasteiger partial charge in [-0.15, -0.1) is 0 Å². The number of ketones is 1. The van der Waals surface area contributed by atoms with Crippen molar-refractivity contribution in [3.05, 3.63) is 65.1 Å². The highest BCUT2D eigenvalue weighted by Crippen LogP contribution is 2.44. The van der Waals surface area contributed by atoms with Crippen LogP contribution in [0.1, 0.15) is 29.5 Å². The summed E-state index contributed by atoms with van der Waals surface area (Å²) in [6, 6.07) is 3.17. The first-order valence-electron chi connectivity index (χ1n) is 10.8. The summed E-state index contributed by atoms with van der Waals surface area (Å²) >= 11 is 0. The van der Waals surface area contributed by atoms with E-state index in [4.69, 9.17) is 10.5 Å². The smallest absolute Gasteiger partial charge is 0.409 e. The molecule has 0 aliphatic heterocycles. The number of aliphatic hydroxyl groups is 1. The fourth-order valence-electron chi connectivity index (χ4n) is 3.60. The molecule has 1 amide bonds. The van der Waals surface area contributed by atoms with Crippen molar-refractivity contribution in [1.29, 1.82) is 0 Å². The summed E-state index contributed by atoms with van der Waals surface area (Å²) in [7, 11) is 1.09. The second-order valence-corrected chi connectivity index (χ2v) is 8.21. The van der Waals surface area contributed by atoms with Gasteiger partial charge in [0.1, 0.15) is 18.0 Å². The number of hydrogen-bond donors (Lipinski definition) is 2. The topological polar surface area (TPSA) is 105 Å². The number of benzene rings is 2. The van der Waals surface area contributed by atoms with Gasteiger partial charge in [0.25, 0.3) is 0 Å². The summed E-state index contributed by atoms with van der Waals surface area (Å²) in [5, 5.41) is 9.57. The van der Waals surface area contributed by atoms with Gasteiger partial charge in [-0.05, 0) is 49.2 Å². The number of rotatable bonds is 5. The summed E-state index contributed by atoms with van der Waals surface area (Å²) in [6.07, 6.45) is -11.8. The molecular formula is C24H20F7N3O4. The molecule has 204 valence electrons. The molecule has 0 radical (unpaired) electrons. The maximum atomic E-state index is 13.9. The van der Waals surface area contributed by atoms with Gasteiger partial charge < -0.3 is 15.6 Å². The van der Waals surface area contributed by atoms with Gasteiger partial charge in [0.2, 0.25) is 0 Å². The second kappa shape index (κ2) is 10.8. The van der Waals surface area contributed by atoms with E-state index in [1.807, 2.05) is 0 Å². The Hall–Kier alpha value is -3.94. The Morgan fingerprint density at radius 1 is 1.11 bits per heavy atom. The van der Waals surface area contributed by atoms with Gasteiger partial charge in [0.05, 0.1) is 11.1 Å². The lowest BCUT2D eigenvalue weighted by Gasteiger charge is -2.22. The van der Waals surface area contributed by atoms with Gasteiger partial charge in [0.15, 0.2) is 11.5 Å². The molecule has 2 aromatic carbocycles. The van der Waals surface area contributed by atoms with Crippen LogP contribution in [0.15, 0.2) is 47.6 Å². The van der Waals surface area contributed by atoms with E-state index in [9.17, 15) is 45.4 Å². The standard InChI is InChI=1S/C24H20F7N3O4/c1-34(15-4-2-14(25)3-5-15)22(37)38-21-16(8-13(23(26,27)28)9-17(21)24(29,30)31)12(10-32)11-33-18-6-7-19(35)20(18)36/h2-5,8-11,18-19,35H,6-7,32H2,1H3/b12-10+,33-11?. The van der Waals surface area contributed by atoms with Gasteiger partial charge >= 0.3 is 18.4 Å². The van der Waals surface area contributed by atoms with Crippen LogP contribution in [-0.2, 0) is 17.1 Å². The first-order valence-corrected chi connectivity index (χ1v) is 10.8. The lowest BCUT2D eigenvalue weighted by molar-refractivity contribution is -0.143. The number of ether oxygens (including phenoxy) is 1. The van der Waals surface area contributed by atoms with Crippen LogP contribution in [-0.4, -0.2) is 42.4 Å². The van der Waals surface area contributed by atoms with Gasteiger partial charge in [-0.1, -0.05) is 0 Å². The minimum Gasteiger partial charge on any atom is -0.409 e. The summed E-state index contributed by atoms with van der Waals surface area (Å²) < 4.78 is 101. The number of aliphatic imine (C=N–C) groups is 1. The van der Waals surface area contributed by atoms with Crippen molar-refractivity contribution < 1.29 is 50.2 Å². The van der Waals surface area contributed by atoms with E-state index in [-0.39, 0.29) is 24.6 Å². The minimum absolute atomic E-state index is 0.00729. The van der Waals surface area contributed by atoms with Crippen molar-refractivity contribution >= 4 is 29.4 Å². The van der Waals surface area contributed by atoms with Gasteiger partial charge in [-0.2, -0.15) is 26.3 Å². The Morgan fingerprint density at radius 2 is 1.74 bits per heavy atom. The lowest BCUT2D eigenvalue weighted by atomic mass is 9.98. The number of nitrogens with two attached hydrogens (primary N) is 1. The Balaban J connectivity index is 2.14. The summed E-state index contributed by atoms with van der Waals surface area (Å²) in [6.45, 7) is 0. The van der Waals surface area contributed by atoms with Gasteiger partial charge in [0, 0.05) is 36.3 Å². The van der Waals surface area contributed by atoms with Crippen LogP contribution in [0.5, 0.6) is 5.75 Å². The van der Waals surface area contributed by atoms with E-state index in [1.54, 1.807) is 0 Å². The predicted octanol–water partition coefficient (Wildman–Crippen LogP) is 4.96. The zero-order chi connectivity index (χ0) is 28.4. The largest absolute Gasteiger partial charge is 0.420 e. The average molecular weight is 547 g/mol. The summed E-state index contributed by atoms with van der Waals surface area (Å²) in [5.74, 6) is -2.64. The molecule has 1 aliphatic rings. The molecule has 38 heavy (non-hydrogen) atoms. The molecule has 3 N–H and O–H groups in total. The fourth-order valence-corrected chi connectivity index (χ4v) is 3.60. The second-order valence-electron chi connectivity index (χ2n) is 8.21. The van der Waals surface area contributed by atoms with Crippen LogP contribution in [0, 0.1) is 5.82 Å². The Kier molecular flexibility index (Phi) is 8.15. The Morgan fingerprint density at radius 3 is 2.24 bits per heavy atom. The first kappa shape index (κ1) is 28.6. The number of hydrogen-bond acceptors (Lipinski definition) is 6. The van der Waals surface area contributed by atoms with Crippen LogP contribution < -0.4 is 15.4 Å². The number of carbonyl (C=O) groups is 2. The number of anilines is 1. The maximum absolute atomic E-state index is 13.9. The van der Waals surface area contributed by atoms with E-state index in [0.29, 0.717) is 17.2 Å². The maximum Gasteiger partial charge on any atom is 0.420 e. The third-order valence-electron chi connectivity index (χ3n) is 5.65. The number of aliphatic hydroxyl groups excluding tert-OH is 1. The number of carbonyl (C=O) groups excluding carboxylic acids is 2. The molecule has 2 unspecified atom stereocenters. The average Bonchev–Trinajstić information content (AvgIpc) is 3.15. The predicted molar refractivity (Wildman–Crippen MR) is 122 cm³/mol. The normalized spacial score (nSPS) is 18.8. The Labute approximate surface area is 211 Å². The van der Waals surface area contributed by atoms with Crippen LogP contribution in [0.3, 0.4) is 0 Å². The molecule has 2 aromatic rings. The van der Waals surface area contributed by atoms with Crippen molar-refractivity contribution in [2.45, 2.75) is 37.3 Å². The summed E-state index contributed by atoms with van der Waals surface area (Å²) in [5.41, 5.74) is 0.453. The highest BCUT2D eigenvalue weighted by molar-refractivity contribution is 6.12. The number of halogens is 7. The molecule has 0 spiro atoms. The molecular weight excluding hydrogens is 527 g/mol. The van der Waals surface area contributed by atoms with Crippen LogP contribution in [0.4, 0.5) is 41.2 Å². The molecule has 3 rings (SSSR count). The number of allylic oxidation sites excluding steroid dienone is 1. The van der Waals surface area contributed by atoms with E-state index < -0.39 is 70.2 Å². The van der Waals surface area contributed by atoms with Crippen molar-refractivity contribution in [3.8, 4) is 5.75 Å². The molecule has 2 atom stereocenters. The van der Waals surface area contributed by atoms with E-state index in [1.165, 1.54) is 0 Å². The van der Waals surface area contributed by atoms with E-state index >= 15 is 0 Å². The lowest BCUT2D eigenvalue weighted by Crippen LogP contribution is -2.30. The third kappa shape index (κ3) is 6.30. The summed E-state index contributed by atoms with van der Waals surface area (Å²) in [4.78, 5) is 29.3. The van der Waals surface area contributed by atoms with Crippen molar-refractivity contribution in [3.63, 3.8) is 0 Å². The molecule has 0 bridgehead atoms. The first-order chi connectivity index (χ1) is 17.6. The van der Waals surface area contributed by atoms with Crippen LogP contribution >= 0.6 is 0 Å². The fraction of sp³-hybridized carbons (Fsp3) is 0.292. The van der Waals surface area contributed by atoms with Gasteiger partial charge in [-0.25, -0.2) is 9.18 Å². The van der Waals surface area contributed by atoms with E-state index in [2.05, 4.69) is 4.99 Å². The van der Waals surface area contributed by atoms with E-state index in [0.717, 1.165) is 37.5 Å². The molecule has 1 saturated carbocycles. The number of alkyl halides is 6. The Bertz CT molecular complexity index is 1270.